The molecule has 0 unspecified atom stereocenters. The molecule has 4 aromatic rings. The molecule has 0 bridgehead atoms. The number of imidazole rings is 1. The lowest BCUT2D eigenvalue weighted by Crippen LogP contribution is -2.24. The average molecular weight is 360 g/mol. The van der Waals surface area contributed by atoms with Crippen LogP contribution in [0.5, 0.6) is 0 Å². The van der Waals surface area contributed by atoms with Crippen LogP contribution in [0.1, 0.15) is 26.5 Å². The van der Waals surface area contributed by atoms with Crippen LogP contribution in [-0.4, -0.2) is 21.2 Å². The van der Waals surface area contributed by atoms with Crippen molar-refractivity contribution in [2.75, 3.05) is 5.32 Å². The van der Waals surface area contributed by atoms with Crippen LogP contribution in [0.2, 0.25) is 0 Å². The van der Waals surface area contributed by atoms with Gasteiger partial charge in [-0.1, -0.05) is 12.1 Å². The molecule has 7 nitrogen and oxygen atoms in total. The smallest absolute Gasteiger partial charge is 0.259 e. The van der Waals surface area contributed by atoms with E-state index in [-0.39, 0.29) is 18.4 Å². The number of carbonyl (C=O) groups excluding carboxylic acids is 2. The van der Waals surface area contributed by atoms with Gasteiger partial charge in [0.15, 0.2) is 0 Å². The molecule has 0 aliphatic carbocycles. The molecule has 0 spiro atoms. The number of nitrogens with one attached hydrogen (secondary N) is 2. The minimum atomic E-state index is -0.335. The third-order valence-electron chi connectivity index (χ3n) is 4.09. The molecule has 27 heavy (non-hydrogen) atoms. The van der Waals surface area contributed by atoms with E-state index >= 15 is 0 Å². The third kappa shape index (κ3) is 3.43. The van der Waals surface area contributed by atoms with E-state index in [2.05, 4.69) is 15.6 Å². The highest BCUT2D eigenvalue weighted by Gasteiger charge is 2.16. The molecule has 0 fully saturated rings. The highest BCUT2D eigenvalue weighted by atomic mass is 16.3. The van der Waals surface area contributed by atoms with Gasteiger partial charge in [0, 0.05) is 18.6 Å². The molecule has 0 atom stereocenters. The maximum Gasteiger partial charge on any atom is 0.259 e. The van der Waals surface area contributed by atoms with Gasteiger partial charge in [-0.3, -0.25) is 9.59 Å². The predicted octanol–water partition coefficient (Wildman–Crippen LogP) is 3.11. The second kappa shape index (κ2) is 7.17. The summed E-state index contributed by atoms with van der Waals surface area (Å²) in [4.78, 5) is 29.5. The Bertz CT molecular complexity index is 1100. The number of benzene rings is 1. The zero-order valence-electron chi connectivity index (χ0n) is 14.3. The van der Waals surface area contributed by atoms with Crippen molar-refractivity contribution < 1.29 is 14.0 Å². The Balaban J connectivity index is 1.55. The zero-order valence-corrected chi connectivity index (χ0v) is 14.3. The largest absolute Gasteiger partial charge is 0.467 e. The Morgan fingerprint density at radius 1 is 0.963 bits per heavy atom. The van der Waals surface area contributed by atoms with E-state index in [4.69, 9.17) is 4.42 Å². The van der Waals surface area contributed by atoms with Crippen LogP contribution in [0.4, 0.5) is 5.69 Å². The van der Waals surface area contributed by atoms with Gasteiger partial charge in [-0.2, -0.15) is 0 Å². The number of hydrogen-bond acceptors (Lipinski definition) is 4. The molecule has 2 N–H and O–H groups in total. The molecular weight excluding hydrogens is 344 g/mol. The van der Waals surface area contributed by atoms with Crippen LogP contribution >= 0.6 is 0 Å². The van der Waals surface area contributed by atoms with Crippen LogP contribution in [-0.2, 0) is 6.54 Å². The van der Waals surface area contributed by atoms with E-state index in [9.17, 15) is 9.59 Å². The van der Waals surface area contributed by atoms with Gasteiger partial charge in [0.05, 0.1) is 29.6 Å². The van der Waals surface area contributed by atoms with Gasteiger partial charge in [0.2, 0.25) is 0 Å². The lowest BCUT2D eigenvalue weighted by atomic mass is 10.1. The summed E-state index contributed by atoms with van der Waals surface area (Å²) in [5, 5.41) is 5.59. The molecule has 3 heterocycles. The number of carbonyl (C=O) groups is 2. The van der Waals surface area contributed by atoms with Gasteiger partial charge in [-0.15, -0.1) is 0 Å². The Labute approximate surface area is 154 Å². The van der Waals surface area contributed by atoms with Crippen LogP contribution in [0.3, 0.4) is 0 Å². The fourth-order valence-corrected chi connectivity index (χ4v) is 2.78. The van der Waals surface area contributed by atoms with E-state index in [1.165, 1.54) is 0 Å². The summed E-state index contributed by atoms with van der Waals surface area (Å²) in [5.74, 6) is 0.00950. The molecule has 2 amide bonds. The summed E-state index contributed by atoms with van der Waals surface area (Å²) in [6.07, 6.45) is 6.76. The summed E-state index contributed by atoms with van der Waals surface area (Å²) >= 11 is 0. The number of aromatic nitrogens is 2. The lowest BCUT2D eigenvalue weighted by Gasteiger charge is -2.11. The minimum Gasteiger partial charge on any atom is -0.467 e. The number of fused-ring (bicyclic) bond motifs is 1. The highest BCUT2D eigenvalue weighted by Crippen LogP contribution is 2.18. The molecule has 0 aliphatic rings. The molecule has 4 rings (SSSR count). The first kappa shape index (κ1) is 16.6. The summed E-state index contributed by atoms with van der Waals surface area (Å²) in [7, 11) is 0. The number of rotatable bonds is 5. The Morgan fingerprint density at radius 2 is 1.81 bits per heavy atom. The summed E-state index contributed by atoms with van der Waals surface area (Å²) in [5.41, 5.74) is 1.77. The van der Waals surface area contributed by atoms with E-state index in [1.807, 2.05) is 6.20 Å². The monoisotopic (exact) mass is 360 g/mol. The van der Waals surface area contributed by atoms with Crippen molar-refractivity contribution >= 4 is 23.1 Å². The van der Waals surface area contributed by atoms with Gasteiger partial charge in [-0.25, -0.2) is 4.98 Å². The van der Waals surface area contributed by atoms with E-state index in [1.54, 1.807) is 71.6 Å². The molecule has 0 aliphatic heterocycles. The van der Waals surface area contributed by atoms with E-state index < -0.39 is 0 Å². The summed E-state index contributed by atoms with van der Waals surface area (Å²) in [6.45, 7) is 0.265. The second-order valence-electron chi connectivity index (χ2n) is 5.84. The topological polar surface area (TPSA) is 88.6 Å². The van der Waals surface area contributed by atoms with Crippen molar-refractivity contribution in [1.82, 2.24) is 14.7 Å². The maximum absolute atomic E-state index is 12.7. The lowest BCUT2D eigenvalue weighted by molar-refractivity contribution is 0.0949. The van der Waals surface area contributed by atoms with Crippen molar-refractivity contribution in [3.8, 4) is 0 Å². The number of furan rings is 1. The van der Waals surface area contributed by atoms with Gasteiger partial charge >= 0.3 is 0 Å². The Kier molecular flexibility index (Phi) is 4.40. The maximum atomic E-state index is 12.7. The van der Waals surface area contributed by atoms with Crippen LogP contribution < -0.4 is 10.6 Å². The van der Waals surface area contributed by atoms with Crippen LogP contribution in [0.15, 0.2) is 77.8 Å². The first-order chi connectivity index (χ1) is 13.2. The van der Waals surface area contributed by atoms with Crippen molar-refractivity contribution in [2.24, 2.45) is 0 Å². The number of amides is 2. The first-order valence-corrected chi connectivity index (χ1v) is 8.35. The van der Waals surface area contributed by atoms with Crippen molar-refractivity contribution in [2.45, 2.75) is 6.54 Å². The Hall–Kier alpha value is -3.87. The molecule has 0 saturated carbocycles. The third-order valence-corrected chi connectivity index (χ3v) is 4.09. The van der Waals surface area contributed by atoms with Crippen molar-refractivity contribution in [3.63, 3.8) is 0 Å². The predicted molar refractivity (Wildman–Crippen MR) is 99.5 cm³/mol. The summed E-state index contributed by atoms with van der Waals surface area (Å²) in [6, 6.07) is 13.8. The molecule has 7 heteroatoms. The average Bonchev–Trinajstić information content (AvgIpc) is 3.37. The zero-order chi connectivity index (χ0) is 18.6. The van der Waals surface area contributed by atoms with Crippen LogP contribution in [0.25, 0.3) is 5.65 Å². The number of para-hydroxylation sites is 1. The van der Waals surface area contributed by atoms with Gasteiger partial charge < -0.3 is 19.5 Å². The SMILES string of the molecule is O=C(NCc1ccco1)c1ccccc1NC(=O)c1cccn2ccnc12. The van der Waals surface area contributed by atoms with Crippen molar-refractivity contribution in [1.29, 1.82) is 0 Å². The van der Waals surface area contributed by atoms with Gasteiger partial charge in [-0.05, 0) is 36.4 Å². The number of hydrogen-bond donors (Lipinski definition) is 2. The number of pyridine rings is 1. The second-order valence-corrected chi connectivity index (χ2v) is 5.84. The molecular formula is C20H16N4O3. The molecule has 134 valence electrons. The molecule has 1 aromatic carbocycles. The standard InChI is InChI=1S/C20H16N4O3/c25-19(22-13-14-5-4-12-27-14)15-6-1-2-8-17(15)23-20(26)16-7-3-10-24-11-9-21-18(16)24/h1-12H,13H2,(H,22,25)(H,23,26). The highest BCUT2D eigenvalue weighted by molar-refractivity contribution is 6.11. The summed E-state index contributed by atoms with van der Waals surface area (Å²) < 4.78 is 6.97. The van der Waals surface area contributed by atoms with Gasteiger partial charge in [0.1, 0.15) is 11.4 Å². The van der Waals surface area contributed by atoms with E-state index in [0.717, 1.165) is 0 Å². The van der Waals surface area contributed by atoms with Crippen molar-refractivity contribution in [3.05, 3.63) is 90.3 Å². The fourth-order valence-electron chi connectivity index (χ4n) is 2.78. The first-order valence-electron chi connectivity index (χ1n) is 8.35. The normalized spacial score (nSPS) is 10.7. The quantitative estimate of drug-likeness (QED) is 0.572. The van der Waals surface area contributed by atoms with Gasteiger partial charge in [0.25, 0.3) is 11.8 Å². The minimum absolute atomic E-state index is 0.265. The fraction of sp³-hybridized carbons (Fsp3) is 0.0500. The van der Waals surface area contributed by atoms with E-state index in [0.29, 0.717) is 28.2 Å². The molecule has 3 aromatic heterocycles. The molecule has 0 radical (unpaired) electrons. The molecule has 0 saturated heterocycles. The van der Waals surface area contributed by atoms with Crippen LogP contribution in [0, 0.1) is 0 Å². The number of nitrogens with zero attached hydrogens (tertiary/aromatic N) is 2. The number of anilines is 1. The Morgan fingerprint density at radius 3 is 2.67 bits per heavy atom.